The van der Waals surface area contributed by atoms with E-state index in [1.807, 2.05) is 12.3 Å². The minimum Gasteiger partial charge on any atom is -0.382 e. The minimum absolute atomic E-state index is 0.580. The summed E-state index contributed by atoms with van der Waals surface area (Å²) in [4.78, 5) is 6.81. The van der Waals surface area contributed by atoms with Gasteiger partial charge in [-0.05, 0) is 37.2 Å². The predicted octanol–water partition coefficient (Wildman–Crippen LogP) is 3.02. The summed E-state index contributed by atoms with van der Waals surface area (Å²) in [5.74, 6) is 1.16. The second kappa shape index (κ2) is 6.29. The van der Waals surface area contributed by atoms with Gasteiger partial charge in [-0.15, -0.1) is 11.3 Å². The number of aromatic nitrogens is 2. The number of rotatable bonds is 4. The van der Waals surface area contributed by atoms with Gasteiger partial charge < -0.3 is 15.4 Å². The van der Waals surface area contributed by atoms with Gasteiger partial charge >= 0.3 is 0 Å². The van der Waals surface area contributed by atoms with E-state index in [-0.39, 0.29) is 0 Å². The molecule has 0 aliphatic carbocycles. The molecule has 3 heterocycles. The minimum atomic E-state index is 0.580. The molecular formula is C14H20N4OS2. The van der Waals surface area contributed by atoms with Crippen molar-refractivity contribution in [2.45, 2.75) is 19.8 Å². The third kappa shape index (κ3) is 3.20. The molecule has 114 valence electrons. The van der Waals surface area contributed by atoms with Crippen LogP contribution in [0.4, 0.5) is 10.8 Å². The predicted molar refractivity (Wildman–Crippen MR) is 89.2 cm³/mol. The summed E-state index contributed by atoms with van der Waals surface area (Å²) in [6.45, 7) is 4.72. The highest BCUT2D eigenvalue weighted by Crippen LogP contribution is 2.40. The molecule has 2 aromatic rings. The monoisotopic (exact) mass is 324 g/mol. The third-order valence-corrected chi connectivity index (χ3v) is 5.62. The maximum Gasteiger partial charge on any atom is 0.149 e. The Morgan fingerprint density at radius 1 is 1.52 bits per heavy atom. The molecule has 7 heteroatoms. The highest BCUT2D eigenvalue weighted by Gasteiger charge is 2.22. The summed E-state index contributed by atoms with van der Waals surface area (Å²) in [5, 5.41) is 4.11. The molecule has 0 spiro atoms. The van der Waals surface area contributed by atoms with Gasteiger partial charge in [-0.2, -0.15) is 4.37 Å². The SMILES string of the molecule is Cc1csc(-c2c(N)nsc2N(C)CC2CCCOC2)n1. The largest absolute Gasteiger partial charge is 0.382 e. The number of hydrogen-bond acceptors (Lipinski definition) is 7. The van der Waals surface area contributed by atoms with Crippen LogP contribution in [0.2, 0.25) is 0 Å². The van der Waals surface area contributed by atoms with Gasteiger partial charge in [-0.3, -0.25) is 0 Å². The van der Waals surface area contributed by atoms with E-state index in [4.69, 9.17) is 10.5 Å². The fourth-order valence-electron chi connectivity index (χ4n) is 2.65. The molecule has 0 saturated carbocycles. The van der Waals surface area contributed by atoms with Crippen LogP contribution in [0, 0.1) is 12.8 Å². The van der Waals surface area contributed by atoms with E-state index in [0.29, 0.717) is 11.7 Å². The highest BCUT2D eigenvalue weighted by molar-refractivity contribution is 7.15. The Bertz CT molecular complexity index is 604. The molecule has 1 aliphatic rings. The van der Waals surface area contributed by atoms with Gasteiger partial charge in [0.1, 0.15) is 15.8 Å². The number of nitrogens with zero attached hydrogens (tertiary/aromatic N) is 3. The third-order valence-electron chi connectivity index (χ3n) is 3.67. The fourth-order valence-corrected chi connectivity index (χ4v) is 4.34. The molecule has 3 rings (SSSR count). The molecule has 1 aliphatic heterocycles. The Balaban J connectivity index is 1.81. The fraction of sp³-hybridized carbons (Fsp3) is 0.571. The average Bonchev–Trinajstić information content (AvgIpc) is 3.05. The van der Waals surface area contributed by atoms with E-state index in [2.05, 4.69) is 21.3 Å². The van der Waals surface area contributed by atoms with Crippen molar-refractivity contribution in [3.63, 3.8) is 0 Å². The number of ether oxygens (including phenoxy) is 1. The summed E-state index contributed by atoms with van der Waals surface area (Å²) in [6, 6.07) is 0. The van der Waals surface area contributed by atoms with Gasteiger partial charge in [-0.1, -0.05) is 0 Å². The maximum absolute atomic E-state index is 6.07. The van der Waals surface area contributed by atoms with E-state index in [9.17, 15) is 0 Å². The first-order chi connectivity index (χ1) is 10.1. The van der Waals surface area contributed by atoms with Crippen molar-refractivity contribution in [1.29, 1.82) is 0 Å². The normalized spacial score (nSPS) is 18.9. The number of anilines is 2. The lowest BCUT2D eigenvalue weighted by Gasteiger charge is -2.27. The molecule has 1 saturated heterocycles. The topological polar surface area (TPSA) is 64.3 Å². The van der Waals surface area contributed by atoms with Crippen LogP contribution in [0.3, 0.4) is 0 Å². The first-order valence-electron chi connectivity index (χ1n) is 7.11. The first-order valence-corrected chi connectivity index (χ1v) is 8.77. The molecule has 2 aromatic heterocycles. The lowest BCUT2D eigenvalue weighted by Crippen LogP contribution is -2.30. The van der Waals surface area contributed by atoms with Crippen molar-refractivity contribution in [2.75, 3.05) is 37.4 Å². The molecule has 0 radical (unpaired) electrons. The summed E-state index contributed by atoms with van der Waals surface area (Å²) >= 11 is 3.08. The van der Waals surface area contributed by atoms with Gasteiger partial charge in [0.05, 0.1) is 12.2 Å². The zero-order valence-electron chi connectivity index (χ0n) is 12.3. The summed E-state index contributed by atoms with van der Waals surface area (Å²) in [6.07, 6.45) is 2.38. The van der Waals surface area contributed by atoms with Crippen molar-refractivity contribution in [1.82, 2.24) is 9.36 Å². The Morgan fingerprint density at radius 3 is 3.05 bits per heavy atom. The van der Waals surface area contributed by atoms with Crippen LogP contribution in [-0.2, 0) is 4.74 Å². The van der Waals surface area contributed by atoms with E-state index in [1.54, 1.807) is 11.3 Å². The number of nitrogens with two attached hydrogens (primary N) is 1. The smallest absolute Gasteiger partial charge is 0.149 e. The van der Waals surface area contributed by atoms with E-state index >= 15 is 0 Å². The zero-order chi connectivity index (χ0) is 14.8. The molecule has 1 fully saturated rings. The van der Waals surface area contributed by atoms with Crippen LogP contribution in [-0.4, -0.2) is 36.2 Å². The molecule has 0 amide bonds. The van der Waals surface area contributed by atoms with Gasteiger partial charge in [0, 0.05) is 31.3 Å². The van der Waals surface area contributed by atoms with Gasteiger partial charge in [0.15, 0.2) is 0 Å². The molecule has 21 heavy (non-hydrogen) atoms. The van der Waals surface area contributed by atoms with Crippen molar-refractivity contribution < 1.29 is 4.74 Å². The van der Waals surface area contributed by atoms with E-state index in [0.717, 1.165) is 47.4 Å². The second-order valence-corrected chi connectivity index (χ2v) is 7.12. The van der Waals surface area contributed by atoms with E-state index in [1.165, 1.54) is 18.0 Å². The van der Waals surface area contributed by atoms with Crippen LogP contribution < -0.4 is 10.6 Å². The number of aryl methyl sites for hydroxylation is 1. The Kier molecular flexibility index (Phi) is 4.42. The summed E-state index contributed by atoms with van der Waals surface area (Å²) in [7, 11) is 2.10. The van der Waals surface area contributed by atoms with Crippen molar-refractivity contribution in [2.24, 2.45) is 5.92 Å². The lowest BCUT2D eigenvalue weighted by molar-refractivity contribution is 0.0577. The first kappa shape index (κ1) is 14.7. The molecule has 0 aromatic carbocycles. The van der Waals surface area contributed by atoms with Gasteiger partial charge in [0.25, 0.3) is 0 Å². The quantitative estimate of drug-likeness (QED) is 0.936. The standard InChI is InChI=1S/C14H20N4OS2/c1-9-8-20-13(16-9)11-12(15)17-21-14(11)18(2)6-10-4-3-5-19-7-10/h8,10H,3-7H2,1-2H3,(H2,15,17). The Labute approximate surface area is 132 Å². The summed E-state index contributed by atoms with van der Waals surface area (Å²) < 4.78 is 9.90. The van der Waals surface area contributed by atoms with Gasteiger partial charge in [-0.25, -0.2) is 4.98 Å². The van der Waals surface area contributed by atoms with Crippen molar-refractivity contribution >= 4 is 33.7 Å². The molecule has 2 N–H and O–H groups in total. The average molecular weight is 324 g/mol. The zero-order valence-corrected chi connectivity index (χ0v) is 14.0. The van der Waals surface area contributed by atoms with E-state index < -0.39 is 0 Å². The lowest BCUT2D eigenvalue weighted by atomic mass is 10.0. The van der Waals surface area contributed by atoms with Gasteiger partial charge in [0.2, 0.25) is 0 Å². The van der Waals surface area contributed by atoms with Crippen molar-refractivity contribution in [3.8, 4) is 10.6 Å². The van der Waals surface area contributed by atoms with Crippen LogP contribution in [0.1, 0.15) is 18.5 Å². The molecular weight excluding hydrogens is 304 g/mol. The Hall–Kier alpha value is -1.18. The van der Waals surface area contributed by atoms with Crippen LogP contribution in [0.25, 0.3) is 10.6 Å². The highest BCUT2D eigenvalue weighted by atomic mass is 32.1. The van der Waals surface area contributed by atoms with Crippen LogP contribution in [0.5, 0.6) is 0 Å². The molecule has 0 bridgehead atoms. The second-order valence-electron chi connectivity index (χ2n) is 5.51. The molecule has 1 unspecified atom stereocenters. The van der Waals surface area contributed by atoms with Crippen LogP contribution in [0.15, 0.2) is 5.38 Å². The molecule has 5 nitrogen and oxygen atoms in total. The van der Waals surface area contributed by atoms with Crippen molar-refractivity contribution in [3.05, 3.63) is 11.1 Å². The number of hydrogen-bond donors (Lipinski definition) is 1. The number of thiazole rings is 1. The number of nitrogen functional groups attached to an aromatic ring is 1. The van der Waals surface area contributed by atoms with Crippen LogP contribution >= 0.6 is 22.9 Å². The Morgan fingerprint density at radius 2 is 2.38 bits per heavy atom. The maximum atomic E-state index is 6.07. The summed E-state index contributed by atoms with van der Waals surface area (Å²) in [5.41, 5.74) is 8.07. The molecule has 1 atom stereocenters.